The zero-order valence-electron chi connectivity index (χ0n) is 13.8. The van der Waals surface area contributed by atoms with Gasteiger partial charge in [-0.15, -0.1) is 22.0 Å². The van der Waals surface area contributed by atoms with Gasteiger partial charge >= 0.3 is 5.97 Å². The molecule has 1 fully saturated rings. The number of nitrogens with one attached hydrogen (secondary N) is 1. The van der Waals surface area contributed by atoms with Crippen LogP contribution < -0.4 is 11.1 Å². The summed E-state index contributed by atoms with van der Waals surface area (Å²) in [5, 5.41) is 21.1. The largest absolute Gasteiger partial charge is 0.477 e. The summed E-state index contributed by atoms with van der Waals surface area (Å²) in [6, 6.07) is -0.453. The molecule has 3 heterocycles. The molecular formula is C14H17N5O3S4. The molecule has 1 aromatic rings. The first-order valence-electron chi connectivity index (χ1n) is 7.80. The number of aliphatic carboxylic acids is 1. The Labute approximate surface area is 168 Å². The number of hydrogen-bond donors (Lipinski definition) is 3. The smallest absolute Gasteiger partial charge is 0.352 e. The second kappa shape index (κ2) is 8.21. The molecule has 26 heavy (non-hydrogen) atoms. The number of nitrogens with two attached hydrogens (primary N) is 1. The second-order valence-corrected chi connectivity index (χ2v) is 9.40. The first-order valence-corrected chi connectivity index (χ1v) is 11.1. The lowest BCUT2D eigenvalue weighted by molar-refractivity contribution is -0.148. The molecule has 1 aromatic heterocycles. The van der Waals surface area contributed by atoms with Gasteiger partial charge in [-0.1, -0.05) is 42.2 Å². The number of carboxylic acid groups (broad SMARTS) is 1. The quantitative estimate of drug-likeness (QED) is 0.328. The molecule has 1 amide bonds. The lowest BCUT2D eigenvalue weighted by Gasteiger charge is -2.49. The van der Waals surface area contributed by atoms with Crippen LogP contribution in [-0.4, -0.2) is 60.0 Å². The van der Waals surface area contributed by atoms with E-state index >= 15 is 0 Å². The number of fused-ring (bicyclic) bond motifs is 1. The van der Waals surface area contributed by atoms with Crippen molar-refractivity contribution in [2.24, 2.45) is 5.73 Å². The normalized spacial score (nSPS) is 22.1. The molecule has 2 aliphatic rings. The van der Waals surface area contributed by atoms with Gasteiger partial charge in [0.25, 0.3) is 5.91 Å². The maximum Gasteiger partial charge on any atom is 0.352 e. The summed E-state index contributed by atoms with van der Waals surface area (Å²) in [5.74, 6) is -0.353. The van der Waals surface area contributed by atoms with Crippen LogP contribution in [0.25, 0.3) is 0 Å². The molecule has 12 heteroatoms. The molecule has 0 aliphatic carbocycles. The standard InChI is InChI=1S/C14H17N5O3S4/c1-2-7(23)16-9-11(20)19-10(13(21)22)6(4-24-12(9)19)5-25-14-18-17-8(3-15)26-14/h9,12H,2-5,15H2,1H3,(H,16,23)(H,21,22)/t9?,12-/m0/s1. The fourth-order valence-corrected chi connectivity index (χ4v) is 5.98. The predicted molar refractivity (Wildman–Crippen MR) is 106 cm³/mol. The van der Waals surface area contributed by atoms with E-state index in [0.29, 0.717) is 35.0 Å². The average molecular weight is 432 g/mol. The fraction of sp³-hybridized carbons (Fsp3) is 0.500. The van der Waals surface area contributed by atoms with E-state index in [1.54, 1.807) is 11.8 Å². The number of thiocarbonyl (C=S) groups is 1. The molecule has 3 rings (SSSR count). The highest BCUT2D eigenvalue weighted by atomic mass is 32.2. The van der Waals surface area contributed by atoms with E-state index in [0.717, 1.165) is 9.35 Å². The van der Waals surface area contributed by atoms with E-state index in [4.69, 9.17) is 18.0 Å². The van der Waals surface area contributed by atoms with Gasteiger partial charge in [-0.2, -0.15) is 0 Å². The molecule has 8 nitrogen and oxygen atoms in total. The van der Waals surface area contributed by atoms with Crippen molar-refractivity contribution in [3.63, 3.8) is 0 Å². The van der Waals surface area contributed by atoms with Gasteiger partial charge in [0.15, 0.2) is 4.34 Å². The third-order valence-electron chi connectivity index (χ3n) is 3.88. The molecular weight excluding hydrogens is 414 g/mol. The maximum absolute atomic E-state index is 12.5. The Hall–Kier alpha value is -1.21. The Morgan fingerprint density at radius 3 is 2.92 bits per heavy atom. The zero-order valence-corrected chi connectivity index (χ0v) is 17.1. The number of carboxylic acids is 1. The van der Waals surface area contributed by atoms with Crippen molar-refractivity contribution in [3.05, 3.63) is 16.3 Å². The molecule has 0 spiro atoms. The Balaban J connectivity index is 1.74. The van der Waals surface area contributed by atoms with Crippen LogP contribution in [0.15, 0.2) is 15.6 Å². The van der Waals surface area contributed by atoms with Crippen molar-refractivity contribution in [1.29, 1.82) is 0 Å². The van der Waals surface area contributed by atoms with E-state index in [2.05, 4.69) is 15.5 Å². The Morgan fingerprint density at radius 2 is 2.31 bits per heavy atom. The summed E-state index contributed by atoms with van der Waals surface area (Å²) >= 11 is 9.49. The SMILES string of the molecule is CCC(=S)NC1C(=O)N2C(C(=O)O)=C(CSc3nnc(CN)s3)CS[C@@H]12. The third kappa shape index (κ3) is 3.74. The molecule has 140 valence electrons. The van der Waals surface area contributed by atoms with Crippen LogP contribution in [0.3, 0.4) is 0 Å². The van der Waals surface area contributed by atoms with Crippen molar-refractivity contribution in [3.8, 4) is 0 Å². The van der Waals surface area contributed by atoms with E-state index in [1.165, 1.54) is 28.0 Å². The number of carbonyl (C=O) groups is 2. The minimum absolute atomic E-state index is 0.0790. The van der Waals surface area contributed by atoms with Gasteiger partial charge in [-0.05, 0) is 12.0 Å². The second-order valence-electron chi connectivity index (χ2n) is 5.52. The van der Waals surface area contributed by atoms with E-state index < -0.39 is 12.0 Å². The Bertz CT molecular complexity index is 780. The summed E-state index contributed by atoms with van der Waals surface area (Å²) in [7, 11) is 0. The van der Waals surface area contributed by atoms with Crippen LogP contribution in [0.1, 0.15) is 18.4 Å². The summed E-state index contributed by atoms with van der Waals surface area (Å²) in [6.45, 7) is 2.24. The third-order valence-corrected chi connectivity index (χ3v) is 7.79. The molecule has 2 atom stereocenters. The van der Waals surface area contributed by atoms with Crippen molar-refractivity contribution in [2.75, 3.05) is 11.5 Å². The number of β-lactam (4-membered cyclic amide) rings is 1. The van der Waals surface area contributed by atoms with Crippen molar-refractivity contribution >= 4 is 63.9 Å². The van der Waals surface area contributed by atoms with Gasteiger partial charge in [0.05, 0.1) is 4.99 Å². The van der Waals surface area contributed by atoms with Crippen LogP contribution in [0, 0.1) is 0 Å². The number of carbonyl (C=O) groups excluding carboxylic acids is 1. The highest BCUT2D eigenvalue weighted by Crippen LogP contribution is 2.41. The van der Waals surface area contributed by atoms with E-state index in [9.17, 15) is 14.7 Å². The summed E-state index contributed by atoms with van der Waals surface area (Å²) in [6.07, 6.45) is 0.645. The van der Waals surface area contributed by atoms with Gasteiger partial charge in [-0.3, -0.25) is 9.69 Å². The van der Waals surface area contributed by atoms with Crippen molar-refractivity contribution in [1.82, 2.24) is 20.4 Å². The minimum Gasteiger partial charge on any atom is -0.477 e. The average Bonchev–Trinajstić information content (AvgIpc) is 3.11. The molecule has 2 aliphatic heterocycles. The van der Waals surface area contributed by atoms with Gasteiger partial charge in [0.1, 0.15) is 22.1 Å². The molecule has 0 saturated carbocycles. The summed E-state index contributed by atoms with van der Waals surface area (Å²) < 4.78 is 0.734. The highest BCUT2D eigenvalue weighted by Gasteiger charge is 2.53. The highest BCUT2D eigenvalue weighted by molar-refractivity contribution is 8.01. The van der Waals surface area contributed by atoms with Gasteiger partial charge in [-0.25, -0.2) is 4.79 Å². The number of aromatic nitrogens is 2. The molecule has 0 radical (unpaired) electrons. The van der Waals surface area contributed by atoms with Crippen LogP contribution >= 0.6 is 47.1 Å². The fourth-order valence-electron chi connectivity index (χ4n) is 2.60. The Morgan fingerprint density at radius 1 is 1.54 bits per heavy atom. The molecule has 1 unspecified atom stereocenters. The number of rotatable bonds is 7. The number of thioether (sulfide) groups is 2. The summed E-state index contributed by atoms with van der Waals surface area (Å²) in [5.41, 5.74) is 6.31. The van der Waals surface area contributed by atoms with Crippen molar-refractivity contribution in [2.45, 2.75) is 35.6 Å². The predicted octanol–water partition coefficient (Wildman–Crippen LogP) is 1.04. The van der Waals surface area contributed by atoms with Crippen LogP contribution in [0.5, 0.6) is 0 Å². The molecule has 4 N–H and O–H groups in total. The van der Waals surface area contributed by atoms with Crippen LogP contribution in [0.4, 0.5) is 0 Å². The van der Waals surface area contributed by atoms with Gasteiger partial charge < -0.3 is 16.2 Å². The van der Waals surface area contributed by atoms with Crippen LogP contribution in [0.2, 0.25) is 0 Å². The first kappa shape index (κ1) is 19.5. The first-order chi connectivity index (χ1) is 12.5. The molecule has 0 aromatic carbocycles. The van der Waals surface area contributed by atoms with Gasteiger partial charge in [0, 0.05) is 18.1 Å². The molecule has 1 saturated heterocycles. The lowest BCUT2D eigenvalue weighted by atomic mass is 10.0. The van der Waals surface area contributed by atoms with E-state index in [1.807, 2.05) is 6.92 Å². The topological polar surface area (TPSA) is 121 Å². The number of amides is 1. The number of hydrogen-bond acceptors (Lipinski definition) is 9. The van der Waals surface area contributed by atoms with E-state index in [-0.39, 0.29) is 17.0 Å². The number of nitrogens with zero attached hydrogens (tertiary/aromatic N) is 3. The van der Waals surface area contributed by atoms with Gasteiger partial charge in [0.2, 0.25) is 0 Å². The zero-order chi connectivity index (χ0) is 18.8. The Kier molecular flexibility index (Phi) is 6.17. The van der Waals surface area contributed by atoms with Crippen molar-refractivity contribution < 1.29 is 14.7 Å². The molecule has 0 bridgehead atoms. The lowest BCUT2D eigenvalue weighted by Crippen LogP contribution is -2.70. The maximum atomic E-state index is 12.5. The summed E-state index contributed by atoms with van der Waals surface area (Å²) in [4.78, 5) is 26.2. The minimum atomic E-state index is -1.09. The monoisotopic (exact) mass is 431 g/mol. The van der Waals surface area contributed by atoms with Crippen LogP contribution in [-0.2, 0) is 16.1 Å².